The smallest absolute Gasteiger partial charge is 0.100 e. The largest absolute Gasteiger partial charge is 0.386 e. The summed E-state index contributed by atoms with van der Waals surface area (Å²) in [6.07, 6.45) is 9.01. The number of aryl methyl sites for hydroxylation is 1. The van der Waals surface area contributed by atoms with Gasteiger partial charge in [0.1, 0.15) is 6.10 Å². The van der Waals surface area contributed by atoms with Gasteiger partial charge in [0.15, 0.2) is 0 Å². The fourth-order valence-corrected chi connectivity index (χ4v) is 3.13. The first-order valence-electron chi connectivity index (χ1n) is 6.98. The Morgan fingerprint density at radius 2 is 2.11 bits per heavy atom. The highest BCUT2D eigenvalue weighted by atomic mass is 16.3. The van der Waals surface area contributed by atoms with Gasteiger partial charge < -0.3 is 10.0 Å². The minimum Gasteiger partial charge on any atom is -0.386 e. The third kappa shape index (κ3) is 2.31. The number of aliphatic hydroxyl groups is 1. The molecule has 18 heavy (non-hydrogen) atoms. The van der Waals surface area contributed by atoms with Crippen molar-refractivity contribution in [3.05, 3.63) is 18.0 Å². The molecule has 4 heteroatoms. The van der Waals surface area contributed by atoms with E-state index in [9.17, 15) is 5.11 Å². The Kier molecular flexibility index (Phi) is 4.07. The molecule has 0 amide bonds. The molecule has 0 bridgehead atoms. The summed E-state index contributed by atoms with van der Waals surface area (Å²) in [7, 11) is 4.15. The average Bonchev–Trinajstić information content (AvgIpc) is 2.97. The molecule has 0 aromatic carbocycles. The minimum atomic E-state index is -0.430. The molecule has 1 atom stereocenters. The van der Waals surface area contributed by atoms with E-state index in [-0.39, 0.29) is 5.54 Å². The number of nitrogens with zero attached hydrogens (tertiary/aromatic N) is 3. The van der Waals surface area contributed by atoms with Crippen LogP contribution in [-0.4, -0.2) is 39.4 Å². The quantitative estimate of drug-likeness (QED) is 0.872. The molecule has 1 unspecified atom stereocenters. The zero-order valence-corrected chi connectivity index (χ0v) is 11.8. The molecule has 1 aliphatic carbocycles. The fraction of sp³-hybridized carbons (Fsp3) is 0.786. The molecule has 2 rings (SSSR count). The second-order valence-corrected chi connectivity index (χ2v) is 5.64. The molecule has 1 fully saturated rings. The maximum Gasteiger partial charge on any atom is 0.100 e. The zero-order valence-electron chi connectivity index (χ0n) is 11.8. The third-order valence-corrected chi connectivity index (χ3v) is 4.29. The summed E-state index contributed by atoms with van der Waals surface area (Å²) in [5, 5.41) is 15.1. The molecular formula is C14H25N3O. The summed E-state index contributed by atoms with van der Waals surface area (Å²) in [5.74, 6) is 0. The van der Waals surface area contributed by atoms with Crippen LogP contribution >= 0.6 is 0 Å². The number of hydrogen-bond donors (Lipinski definition) is 1. The maximum atomic E-state index is 10.7. The average molecular weight is 251 g/mol. The molecule has 102 valence electrons. The normalized spacial score (nSPS) is 20.5. The molecule has 0 spiro atoms. The Morgan fingerprint density at radius 3 is 2.67 bits per heavy atom. The van der Waals surface area contributed by atoms with Gasteiger partial charge in [0.25, 0.3) is 0 Å². The van der Waals surface area contributed by atoms with Crippen molar-refractivity contribution < 1.29 is 5.11 Å². The van der Waals surface area contributed by atoms with Gasteiger partial charge in [0.2, 0.25) is 0 Å². The van der Waals surface area contributed by atoms with Crippen LogP contribution < -0.4 is 0 Å². The maximum absolute atomic E-state index is 10.7. The molecule has 1 aromatic rings. The Bertz CT molecular complexity index is 380. The first-order chi connectivity index (χ1) is 8.60. The van der Waals surface area contributed by atoms with Crippen molar-refractivity contribution in [2.75, 3.05) is 14.1 Å². The number of aliphatic hydroxyl groups excluding tert-OH is 1. The van der Waals surface area contributed by atoms with Crippen LogP contribution in [0, 0.1) is 0 Å². The molecule has 1 aromatic heterocycles. The van der Waals surface area contributed by atoms with Crippen LogP contribution in [0.25, 0.3) is 0 Å². The van der Waals surface area contributed by atoms with Crippen LogP contribution in [0.1, 0.15) is 50.7 Å². The summed E-state index contributed by atoms with van der Waals surface area (Å²) in [5.41, 5.74) is 0.860. The molecule has 0 aliphatic heterocycles. The lowest BCUT2D eigenvalue weighted by Crippen LogP contribution is -2.46. The topological polar surface area (TPSA) is 41.3 Å². The summed E-state index contributed by atoms with van der Waals surface area (Å²) in [4.78, 5) is 2.20. The summed E-state index contributed by atoms with van der Waals surface area (Å²) in [6, 6.07) is 0. The van der Waals surface area contributed by atoms with Crippen molar-refractivity contribution in [3.63, 3.8) is 0 Å². The molecular weight excluding hydrogens is 226 g/mol. The highest BCUT2D eigenvalue weighted by molar-refractivity contribution is 5.16. The van der Waals surface area contributed by atoms with Crippen molar-refractivity contribution in [2.45, 2.75) is 57.2 Å². The van der Waals surface area contributed by atoms with Crippen LogP contribution in [-0.2, 0) is 6.54 Å². The SMILES string of the molecule is CCCn1cc(C(O)C2(N(C)C)CCCC2)cn1. The summed E-state index contributed by atoms with van der Waals surface area (Å²) < 4.78 is 1.93. The standard InChI is InChI=1S/C14H25N3O/c1-4-9-17-11-12(10-15-17)13(18)14(16(2)3)7-5-6-8-14/h10-11,13,18H,4-9H2,1-3H3. The van der Waals surface area contributed by atoms with E-state index >= 15 is 0 Å². The van der Waals surface area contributed by atoms with Gasteiger partial charge in [-0.15, -0.1) is 0 Å². The highest BCUT2D eigenvalue weighted by Gasteiger charge is 2.43. The lowest BCUT2D eigenvalue weighted by atomic mass is 9.86. The lowest BCUT2D eigenvalue weighted by Gasteiger charge is -2.40. The first kappa shape index (κ1) is 13.6. The van der Waals surface area contributed by atoms with E-state index in [1.165, 1.54) is 12.8 Å². The van der Waals surface area contributed by atoms with E-state index in [2.05, 4.69) is 31.0 Å². The van der Waals surface area contributed by atoms with E-state index < -0.39 is 6.10 Å². The Morgan fingerprint density at radius 1 is 1.44 bits per heavy atom. The Balaban J connectivity index is 2.19. The molecule has 1 aliphatic rings. The van der Waals surface area contributed by atoms with Gasteiger partial charge >= 0.3 is 0 Å². The van der Waals surface area contributed by atoms with Crippen LogP contribution in [0.15, 0.2) is 12.4 Å². The first-order valence-corrected chi connectivity index (χ1v) is 6.98. The van der Waals surface area contributed by atoms with Crippen molar-refractivity contribution in [1.29, 1.82) is 0 Å². The highest BCUT2D eigenvalue weighted by Crippen LogP contribution is 2.43. The molecule has 1 N–H and O–H groups in total. The molecule has 0 saturated heterocycles. The number of aromatic nitrogens is 2. The van der Waals surface area contributed by atoms with Crippen molar-refractivity contribution in [3.8, 4) is 0 Å². The minimum absolute atomic E-state index is 0.0971. The predicted molar refractivity (Wildman–Crippen MR) is 72.4 cm³/mol. The van der Waals surface area contributed by atoms with E-state index in [1.54, 1.807) is 0 Å². The molecule has 4 nitrogen and oxygen atoms in total. The number of rotatable bonds is 5. The van der Waals surface area contributed by atoms with E-state index in [0.29, 0.717) is 0 Å². The van der Waals surface area contributed by atoms with Gasteiger partial charge in [-0.2, -0.15) is 5.10 Å². The number of likely N-dealkylation sites (N-methyl/N-ethyl adjacent to an activating group) is 1. The van der Waals surface area contributed by atoms with Gasteiger partial charge in [0, 0.05) is 18.3 Å². The Labute approximate surface area is 110 Å². The monoisotopic (exact) mass is 251 g/mol. The molecule has 1 heterocycles. The predicted octanol–water partition coefficient (Wildman–Crippen LogP) is 2.20. The van der Waals surface area contributed by atoms with Crippen LogP contribution in [0.5, 0.6) is 0 Å². The lowest BCUT2D eigenvalue weighted by molar-refractivity contribution is -0.00480. The second kappa shape index (κ2) is 5.41. The van der Waals surface area contributed by atoms with Gasteiger partial charge in [-0.05, 0) is 33.4 Å². The molecule has 1 saturated carbocycles. The van der Waals surface area contributed by atoms with Gasteiger partial charge in [-0.25, -0.2) is 0 Å². The Hall–Kier alpha value is -0.870. The van der Waals surface area contributed by atoms with Crippen LogP contribution in [0.4, 0.5) is 0 Å². The van der Waals surface area contributed by atoms with Crippen LogP contribution in [0.2, 0.25) is 0 Å². The fourth-order valence-electron chi connectivity index (χ4n) is 3.13. The van der Waals surface area contributed by atoms with Gasteiger partial charge in [-0.1, -0.05) is 19.8 Å². The van der Waals surface area contributed by atoms with E-state index in [4.69, 9.17) is 0 Å². The second-order valence-electron chi connectivity index (χ2n) is 5.64. The van der Waals surface area contributed by atoms with Gasteiger partial charge in [-0.3, -0.25) is 4.68 Å². The molecule has 0 radical (unpaired) electrons. The van der Waals surface area contributed by atoms with E-state index in [0.717, 1.165) is 31.4 Å². The summed E-state index contributed by atoms with van der Waals surface area (Å²) >= 11 is 0. The third-order valence-electron chi connectivity index (χ3n) is 4.29. The van der Waals surface area contributed by atoms with Crippen molar-refractivity contribution in [1.82, 2.24) is 14.7 Å². The number of hydrogen-bond acceptors (Lipinski definition) is 3. The van der Waals surface area contributed by atoms with E-state index in [1.807, 2.05) is 17.1 Å². The van der Waals surface area contributed by atoms with Crippen molar-refractivity contribution in [2.24, 2.45) is 0 Å². The van der Waals surface area contributed by atoms with Crippen molar-refractivity contribution >= 4 is 0 Å². The van der Waals surface area contributed by atoms with Crippen LogP contribution in [0.3, 0.4) is 0 Å². The van der Waals surface area contributed by atoms with Gasteiger partial charge in [0.05, 0.1) is 11.7 Å². The summed E-state index contributed by atoms with van der Waals surface area (Å²) in [6.45, 7) is 3.05. The zero-order chi connectivity index (χ0) is 13.2.